The molecule has 1 aliphatic rings. The summed E-state index contributed by atoms with van der Waals surface area (Å²) in [5.41, 5.74) is 0.386. The fraction of sp³-hybridized carbons (Fsp3) is 0.188. The third kappa shape index (κ3) is 3.79. The lowest BCUT2D eigenvalue weighted by Gasteiger charge is -2.08. The molecule has 0 fully saturated rings. The number of carbonyl (C=O) groups excluding carboxylic acids is 2. The zero-order valence-electron chi connectivity index (χ0n) is 13.4. The molecule has 1 atom stereocenters. The summed E-state index contributed by atoms with van der Waals surface area (Å²) in [6, 6.07) is 8.46. The number of carbonyl (C=O) groups is 2. The molecule has 0 amide bonds. The Morgan fingerprint density at radius 2 is 2.00 bits per heavy atom. The Balaban J connectivity index is 1.68. The number of rotatable bonds is 5. The number of Topliss-reactive ketones (excluding diaryl/α,β-unsaturated/α-hetero) is 1. The van der Waals surface area contributed by atoms with Gasteiger partial charge in [-0.3, -0.25) is 14.5 Å². The normalized spacial score (nSPS) is 17.4. The average Bonchev–Trinajstić information content (AvgIpc) is 3.14. The van der Waals surface area contributed by atoms with Crippen LogP contribution in [0.5, 0.6) is 0 Å². The lowest BCUT2D eigenvalue weighted by molar-refractivity contribution is -0.143. The highest BCUT2D eigenvalue weighted by Gasteiger charge is 2.31. The van der Waals surface area contributed by atoms with Crippen molar-refractivity contribution < 1.29 is 22.7 Å². The topological polar surface area (TPSA) is 102 Å². The number of hydrogen-bond donors (Lipinski definition) is 1. The van der Waals surface area contributed by atoms with E-state index in [4.69, 9.17) is 16.3 Å². The van der Waals surface area contributed by atoms with E-state index in [2.05, 4.69) is 9.71 Å². The Kier molecular flexibility index (Phi) is 5.12. The van der Waals surface area contributed by atoms with E-state index in [-0.39, 0.29) is 16.5 Å². The number of nitrogens with one attached hydrogen (secondary N) is 1. The molecule has 0 aliphatic carbocycles. The van der Waals surface area contributed by atoms with Crippen LogP contribution in [0.2, 0.25) is 4.34 Å². The predicted octanol–water partition coefficient (Wildman–Crippen LogP) is 2.25. The molecule has 1 unspecified atom stereocenters. The number of aliphatic imine (C=N–C) groups is 1. The Labute approximate surface area is 158 Å². The molecule has 1 aromatic heterocycles. The van der Waals surface area contributed by atoms with Crippen molar-refractivity contribution in [1.29, 1.82) is 0 Å². The molecule has 1 aliphatic heterocycles. The van der Waals surface area contributed by atoms with Gasteiger partial charge in [0.25, 0.3) is 10.0 Å². The maximum atomic E-state index is 12.1. The molecule has 0 spiro atoms. The average molecular weight is 413 g/mol. The van der Waals surface area contributed by atoms with Crippen molar-refractivity contribution >= 4 is 50.5 Å². The smallest absolute Gasteiger partial charge is 0.331 e. The molecule has 0 saturated heterocycles. The number of hydrogen-bond acceptors (Lipinski definition) is 7. The van der Waals surface area contributed by atoms with E-state index >= 15 is 0 Å². The first kappa shape index (κ1) is 18.6. The van der Waals surface area contributed by atoms with Crippen molar-refractivity contribution in [2.45, 2.75) is 17.9 Å². The van der Waals surface area contributed by atoms with Crippen molar-refractivity contribution in [3.63, 3.8) is 0 Å². The zero-order chi connectivity index (χ0) is 18.9. The summed E-state index contributed by atoms with van der Waals surface area (Å²) < 4.78 is 31.8. The molecule has 136 valence electrons. The Hall–Kier alpha value is -2.23. The van der Waals surface area contributed by atoms with E-state index in [1.165, 1.54) is 13.0 Å². The van der Waals surface area contributed by atoms with Gasteiger partial charge in [0, 0.05) is 5.56 Å². The van der Waals surface area contributed by atoms with Crippen LogP contribution in [0, 0.1) is 0 Å². The van der Waals surface area contributed by atoms with Crippen molar-refractivity contribution in [1.82, 2.24) is 4.72 Å². The van der Waals surface area contributed by atoms with E-state index in [0.29, 0.717) is 14.8 Å². The number of halogens is 1. The van der Waals surface area contributed by atoms with Gasteiger partial charge in [0.1, 0.15) is 11.9 Å². The van der Waals surface area contributed by atoms with Crippen LogP contribution in [0.15, 0.2) is 46.3 Å². The van der Waals surface area contributed by atoms with E-state index < -0.39 is 28.6 Å². The largest absolute Gasteiger partial charge is 0.456 e. The minimum Gasteiger partial charge on any atom is -0.456 e. The SMILES string of the molecule is CC(N=C1NS(=O)(=O)c2ccccc21)C(=O)OCC(=O)c1ccc(Cl)s1. The summed E-state index contributed by atoms with van der Waals surface area (Å²) in [5, 5.41) is 0. The van der Waals surface area contributed by atoms with Crippen LogP contribution in [0.3, 0.4) is 0 Å². The summed E-state index contributed by atoms with van der Waals surface area (Å²) >= 11 is 6.86. The van der Waals surface area contributed by atoms with Gasteiger partial charge < -0.3 is 4.74 Å². The molecule has 0 bridgehead atoms. The van der Waals surface area contributed by atoms with Crippen molar-refractivity contribution in [2.75, 3.05) is 6.61 Å². The molecule has 1 aromatic carbocycles. The number of nitrogens with zero attached hydrogens (tertiary/aromatic N) is 1. The fourth-order valence-corrected chi connectivity index (χ4v) is 4.48. The molecule has 0 saturated carbocycles. The highest BCUT2D eigenvalue weighted by Crippen LogP contribution is 2.23. The van der Waals surface area contributed by atoms with Gasteiger partial charge in [-0.25, -0.2) is 13.2 Å². The van der Waals surface area contributed by atoms with E-state index in [1.54, 1.807) is 30.3 Å². The first-order chi connectivity index (χ1) is 12.3. The number of sulfonamides is 1. The van der Waals surface area contributed by atoms with Gasteiger partial charge in [0.2, 0.25) is 5.78 Å². The van der Waals surface area contributed by atoms with Crippen LogP contribution < -0.4 is 4.72 Å². The molecule has 0 radical (unpaired) electrons. The minimum atomic E-state index is -3.68. The Morgan fingerprint density at radius 3 is 2.69 bits per heavy atom. The van der Waals surface area contributed by atoms with Gasteiger partial charge in [-0.05, 0) is 31.2 Å². The lowest BCUT2D eigenvalue weighted by Crippen LogP contribution is -2.27. The number of amidine groups is 1. The molecule has 1 N–H and O–H groups in total. The number of fused-ring (bicyclic) bond motifs is 1. The molecule has 7 nitrogen and oxygen atoms in total. The van der Waals surface area contributed by atoms with Crippen LogP contribution in [0.1, 0.15) is 22.2 Å². The maximum Gasteiger partial charge on any atom is 0.331 e. The summed E-state index contributed by atoms with van der Waals surface area (Å²) in [5.74, 6) is -1.04. The van der Waals surface area contributed by atoms with Crippen molar-refractivity contribution in [3.8, 4) is 0 Å². The van der Waals surface area contributed by atoms with Crippen molar-refractivity contribution in [2.24, 2.45) is 4.99 Å². The lowest BCUT2D eigenvalue weighted by atomic mass is 10.2. The second kappa shape index (κ2) is 7.18. The summed E-state index contributed by atoms with van der Waals surface area (Å²) in [6.45, 7) is 1.02. The van der Waals surface area contributed by atoms with E-state index in [9.17, 15) is 18.0 Å². The van der Waals surface area contributed by atoms with Gasteiger partial charge in [-0.1, -0.05) is 23.7 Å². The molecular weight excluding hydrogens is 400 g/mol. The molecule has 10 heteroatoms. The molecule has 2 aromatic rings. The molecule has 2 heterocycles. The zero-order valence-corrected chi connectivity index (χ0v) is 15.8. The standard InChI is InChI=1S/C16H13ClN2O5S2/c1-9(16(21)24-8-11(20)12-6-7-14(17)25-12)18-15-10-4-2-3-5-13(10)26(22,23)19-15/h2-7,9H,8H2,1H3,(H,18,19). The number of ketones is 1. The highest BCUT2D eigenvalue weighted by atomic mass is 35.5. The van der Waals surface area contributed by atoms with Crippen LogP contribution in [-0.2, 0) is 19.6 Å². The maximum absolute atomic E-state index is 12.1. The molecular formula is C16H13ClN2O5S2. The van der Waals surface area contributed by atoms with Crippen LogP contribution in [0.4, 0.5) is 0 Å². The van der Waals surface area contributed by atoms with Gasteiger partial charge in [-0.15, -0.1) is 11.3 Å². The highest BCUT2D eigenvalue weighted by molar-refractivity contribution is 7.90. The second-order valence-electron chi connectivity index (χ2n) is 5.39. The first-order valence-electron chi connectivity index (χ1n) is 7.43. The number of esters is 1. The molecule has 26 heavy (non-hydrogen) atoms. The Bertz CT molecular complexity index is 1010. The fourth-order valence-electron chi connectivity index (χ4n) is 2.27. The van der Waals surface area contributed by atoms with Gasteiger partial charge in [0.05, 0.1) is 14.1 Å². The number of ether oxygens (including phenoxy) is 1. The van der Waals surface area contributed by atoms with Crippen LogP contribution in [0.25, 0.3) is 0 Å². The third-order valence-corrected chi connectivity index (χ3v) is 6.19. The summed E-state index contributed by atoms with van der Waals surface area (Å²) in [7, 11) is -3.68. The third-order valence-electron chi connectivity index (χ3n) is 3.52. The monoisotopic (exact) mass is 412 g/mol. The van der Waals surface area contributed by atoms with E-state index in [1.807, 2.05) is 0 Å². The summed E-state index contributed by atoms with van der Waals surface area (Å²) in [6.07, 6.45) is 0. The van der Waals surface area contributed by atoms with Gasteiger partial charge in [0.15, 0.2) is 6.61 Å². The van der Waals surface area contributed by atoms with Gasteiger partial charge >= 0.3 is 5.97 Å². The minimum absolute atomic E-state index is 0.0708. The molecule has 3 rings (SSSR count). The van der Waals surface area contributed by atoms with Crippen molar-refractivity contribution in [3.05, 3.63) is 51.2 Å². The first-order valence-corrected chi connectivity index (χ1v) is 10.1. The number of thiophene rings is 1. The Morgan fingerprint density at radius 1 is 1.27 bits per heavy atom. The van der Waals surface area contributed by atoms with Gasteiger partial charge in [-0.2, -0.15) is 0 Å². The van der Waals surface area contributed by atoms with E-state index in [0.717, 1.165) is 11.3 Å². The van der Waals surface area contributed by atoms with Crippen LogP contribution >= 0.6 is 22.9 Å². The summed E-state index contributed by atoms with van der Waals surface area (Å²) in [4.78, 5) is 28.6. The quantitative estimate of drug-likeness (QED) is 0.599. The predicted molar refractivity (Wildman–Crippen MR) is 97.4 cm³/mol. The number of benzene rings is 1. The van der Waals surface area contributed by atoms with Crippen LogP contribution in [-0.4, -0.2) is 38.7 Å². The second-order valence-corrected chi connectivity index (χ2v) is 8.76.